The summed E-state index contributed by atoms with van der Waals surface area (Å²) in [5, 5.41) is 2.70. The Kier molecular flexibility index (Phi) is 7.07. The Bertz CT molecular complexity index is 577. The van der Waals surface area contributed by atoms with Crippen molar-refractivity contribution in [3.05, 3.63) is 29.3 Å². The summed E-state index contributed by atoms with van der Waals surface area (Å²) >= 11 is 0. The van der Waals surface area contributed by atoms with E-state index in [0.29, 0.717) is 17.9 Å². The Hall–Kier alpha value is -2.24. The number of amides is 1. The van der Waals surface area contributed by atoms with E-state index in [2.05, 4.69) is 5.32 Å². The smallest absolute Gasteiger partial charge is 0.407 e. The molecular formula is C18H27NO5. The Morgan fingerprint density at radius 1 is 1.25 bits per heavy atom. The molecule has 0 spiro atoms. The SMILES string of the molecule is CCOC(=O)c1cc(OCC(C)NC(=O)OC(C)(C)C)ccc1C. The molecule has 0 radical (unpaired) electrons. The largest absolute Gasteiger partial charge is 0.491 e. The molecular weight excluding hydrogens is 310 g/mol. The van der Waals surface area contributed by atoms with Crippen LogP contribution in [0.5, 0.6) is 5.75 Å². The van der Waals surface area contributed by atoms with Crippen molar-refractivity contribution in [2.75, 3.05) is 13.2 Å². The summed E-state index contributed by atoms with van der Waals surface area (Å²) in [6.45, 7) is 11.4. The van der Waals surface area contributed by atoms with Gasteiger partial charge in [-0.2, -0.15) is 0 Å². The van der Waals surface area contributed by atoms with Crippen LogP contribution in [0.4, 0.5) is 4.79 Å². The zero-order chi connectivity index (χ0) is 18.3. The first-order valence-corrected chi connectivity index (χ1v) is 8.02. The maximum absolute atomic E-state index is 11.9. The number of rotatable bonds is 6. The van der Waals surface area contributed by atoms with Crippen LogP contribution in [0.15, 0.2) is 18.2 Å². The molecule has 1 amide bonds. The highest BCUT2D eigenvalue weighted by atomic mass is 16.6. The highest BCUT2D eigenvalue weighted by Crippen LogP contribution is 2.18. The Morgan fingerprint density at radius 2 is 1.92 bits per heavy atom. The molecule has 1 aromatic rings. The van der Waals surface area contributed by atoms with Crippen molar-refractivity contribution < 1.29 is 23.8 Å². The number of carbonyl (C=O) groups excluding carboxylic acids is 2. The zero-order valence-electron chi connectivity index (χ0n) is 15.3. The molecule has 24 heavy (non-hydrogen) atoms. The van der Waals surface area contributed by atoms with E-state index in [0.717, 1.165) is 5.56 Å². The van der Waals surface area contributed by atoms with Crippen LogP contribution < -0.4 is 10.1 Å². The van der Waals surface area contributed by atoms with Crippen LogP contribution in [0, 0.1) is 6.92 Å². The van der Waals surface area contributed by atoms with Crippen LogP contribution in [0.25, 0.3) is 0 Å². The number of benzene rings is 1. The van der Waals surface area contributed by atoms with Gasteiger partial charge in [0.15, 0.2) is 0 Å². The van der Waals surface area contributed by atoms with Gasteiger partial charge in [0, 0.05) is 0 Å². The van der Waals surface area contributed by atoms with Crippen molar-refractivity contribution in [1.29, 1.82) is 0 Å². The molecule has 0 aliphatic rings. The Balaban J connectivity index is 2.59. The summed E-state index contributed by atoms with van der Waals surface area (Å²) < 4.78 is 15.9. The lowest BCUT2D eigenvalue weighted by molar-refractivity contribution is 0.0492. The van der Waals surface area contributed by atoms with Crippen LogP contribution in [-0.4, -0.2) is 36.9 Å². The first-order chi connectivity index (χ1) is 11.1. The van der Waals surface area contributed by atoms with Gasteiger partial charge < -0.3 is 19.5 Å². The number of hydrogen-bond acceptors (Lipinski definition) is 5. The van der Waals surface area contributed by atoms with Gasteiger partial charge in [0.05, 0.1) is 18.2 Å². The number of esters is 1. The number of alkyl carbamates (subject to hydrolysis) is 1. The fraction of sp³-hybridized carbons (Fsp3) is 0.556. The van der Waals surface area contributed by atoms with Crippen molar-refractivity contribution in [3.63, 3.8) is 0 Å². The quantitative estimate of drug-likeness (QED) is 0.805. The average Bonchev–Trinajstić information content (AvgIpc) is 2.44. The lowest BCUT2D eigenvalue weighted by Crippen LogP contribution is -2.40. The Morgan fingerprint density at radius 3 is 2.50 bits per heavy atom. The summed E-state index contributed by atoms with van der Waals surface area (Å²) in [7, 11) is 0. The summed E-state index contributed by atoms with van der Waals surface area (Å²) in [5.74, 6) is 0.168. The van der Waals surface area contributed by atoms with E-state index in [-0.39, 0.29) is 18.6 Å². The zero-order valence-corrected chi connectivity index (χ0v) is 15.3. The molecule has 1 N–H and O–H groups in total. The van der Waals surface area contributed by atoms with Crippen molar-refractivity contribution >= 4 is 12.1 Å². The lowest BCUT2D eigenvalue weighted by atomic mass is 10.1. The monoisotopic (exact) mass is 337 g/mol. The molecule has 6 nitrogen and oxygen atoms in total. The molecule has 1 unspecified atom stereocenters. The summed E-state index contributed by atoms with van der Waals surface area (Å²) in [6, 6.07) is 4.98. The fourth-order valence-corrected chi connectivity index (χ4v) is 1.89. The molecule has 0 saturated heterocycles. The van der Waals surface area contributed by atoms with E-state index in [4.69, 9.17) is 14.2 Å². The summed E-state index contributed by atoms with van der Waals surface area (Å²) in [5.41, 5.74) is 0.749. The summed E-state index contributed by atoms with van der Waals surface area (Å²) in [4.78, 5) is 23.6. The van der Waals surface area contributed by atoms with Gasteiger partial charge in [-0.25, -0.2) is 9.59 Å². The van der Waals surface area contributed by atoms with Crippen molar-refractivity contribution in [3.8, 4) is 5.75 Å². The predicted octanol–water partition coefficient (Wildman–Crippen LogP) is 3.46. The van der Waals surface area contributed by atoms with E-state index in [9.17, 15) is 9.59 Å². The minimum atomic E-state index is -0.545. The fourth-order valence-electron chi connectivity index (χ4n) is 1.89. The molecule has 0 aromatic heterocycles. The van der Waals surface area contributed by atoms with Gasteiger partial charge in [-0.3, -0.25) is 0 Å². The third-order valence-electron chi connectivity index (χ3n) is 2.97. The Labute approximate surface area is 143 Å². The molecule has 1 rings (SSSR count). The van der Waals surface area contributed by atoms with Crippen LogP contribution in [0.3, 0.4) is 0 Å². The molecule has 1 aromatic carbocycles. The molecule has 0 aliphatic heterocycles. The third kappa shape index (κ3) is 6.89. The number of carbonyl (C=O) groups is 2. The van der Waals surface area contributed by atoms with Gasteiger partial charge in [-0.05, 0) is 59.2 Å². The van der Waals surface area contributed by atoms with Crippen LogP contribution in [-0.2, 0) is 9.47 Å². The molecule has 0 aliphatic carbocycles. The van der Waals surface area contributed by atoms with Gasteiger partial charge >= 0.3 is 12.1 Å². The second-order valence-electron chi connectivity index (χ2n) is 6.56. The first-order valence-electron chi connectivity index (χ1n) is 8.02. The standard InChI is InChI=1S/C18H27NO5/c1-7-22-16(20)15-10-14(9-8-12(15)2)23-11-13(3)19-17(21)24-18(4,5)6/h8-10,13H,7,11H2,1-6H3,(H,19,21). The second-order valence-corrected chi connectivity index (χ2v) is 6.56. The number of ether oxygens (including phenoxy) is 3. The molecule has 6 heteroatoms. The van der Waals surface area contributed by atoms with Crippen molar-refractivity contribution in [2.45, 2.75) is 53.2 Å². The predicted molar refractivity (Wildman–Crippen MR) is 91.5 cm³/mol. The maximum Gasteiger partial charge on any atom is 0.407 e. The van der Waals surface area contributed by atoms with E-state index in [1.54, 1.807) is 45.9 Å². The lowest BCUT2D eigenvalue weighted by Gasteiger charge is -2.22. The number of aryl methyl sites for hydroxylation is 1. The van der Waals surface area contributed by atoms with Gasteiger partial charge in [0.25, 0.3) is 0 Å². The van der Waals surface area contributed by atoms with Gasteiger partial charge in [-0.15, -0.1) is 0 Å². The van der Waals surface area contributed by atoms with Crippen molar-refractivity contribution in [1.82, 2.24) is 5.32 Å². The number of nitrogens with one attached hydrogen (secondary N) is 1. The van der Waals surface area contributed by atoms with Gasteiger partial charge in [0.1, 0.15) is 18.0 Å². The normalized spacial score (nSPS) is 12.2. The minimum absolute atomic E-state index is 0.243. The molecule has 1 atom stereocenters. The molecule has 0 saturated carbocycles. The second kappa shape index (κ2) is 8.57. The van der Waals surface area contributed by atoms with Crippen LogP contribution >= 0.6 is 0 Å². The first kappa shape index (κ1) is 19.8. The van der Waals surface area contributed by atoms with Crippen LogP contribution in [0.1, 0.15) is 50.5 Å². The summed E-state index contributed by atoms with van der Waals surface area (Å²) in [6.07, 6.45) is -0.491. The van der Waals surface area contributed by atoms with E-state index < -0.39 is 11.7 Å². The van der Waals surface area contributed by atoms with Crippen LogP contribution in [0.2, 0.25) is 0 Å². The average molecular weight is 337 g/mol. The third-order valence-corrected chi connectivity index (χ3v) is 2.97. The molecule has 0 heterocycles. The van der Waals surface area contributed by atoms with Crippen molar-refractivity contribution in [2.24, 2.45) is 0 Å². The minimum Gasteiger partial charge on any atom is -0.491 e. The maximum atomic E-state index is 11.9. The van der Waals surface area contributed by atoms with Gasteiger partial charge in [-0.1, -0.05) is 6.07 Å². The molecule has 0 fully saturated rings. The van der Waals surface area contributed by atoms with E-state index in [1.165, 1.54) is 0 Å². The van der Waals surface area contributed by atoms with E-state index >= 15 is 0 Å². The number of hydrogen-bond donors (Lipinski definition) is 1. The highest BCUT2D eigenvalue weighted by Gasteiger charge is 2.18. The van der Waals surface area contributed by atoms with Gasteiger partial charge in [0.2, 0.25) is 0 Å². The molecule has 0 bridgehead atoms. The highest BCUT2D eigenvalue weighted by molar-refractivity contribution is 5.91. The van der Waals surface area contributed by atoms with E-state index in [1.807, 2.05) is 13.8 Å². The topological polar surface area (TPSA) is 73.9 Å². The molecule has 134 valence electrons.